The van der Waals surface area contributed by atoms with Crippen molar-refractivity contribution < 1.29 is 13.5 Å². The van der Waals surface area contributed by atoms with Crippen LogP contribution in [-0.2, 0) is 19.4 Å². The van der Waals surface area contributed by atoms with Gasteiger partial charge >= 0.3 is 0 Å². The molecule has 0 saturated carbocycles. The fourth-order valence-electron chi connectivity index (χ4n) is 3.86. The minimum absolute atomic E-state index is 0.158. The molecule has 0 radical (unpaired) electrons. The smallest absolute Gasteiger partial charge is 0.183 e. The van der Waals surface area contributed by atoms with Gasteiger partial charge in [0.1, 0.15) is 17.4 Å². The van der Waals surface area contributed by atoms with Gasteiger partial charge in [-0.15, -0.1) is 11.3 Å². The maximum atomic E-state index is 14.6. The minimum Gasteiger partial charge on any atom is -0.493 e. The molecule has 0 aliphatic carbocycles. The van der Waals surface area contributed by atoms with Crippen molar-refractivity contribution in [3.05, 3.63) is 97.8 Å². The van der Waals surface area contributed by atoms with E-state index >= 15 is 0 Å². The number of hydrogen-bond acceptors (Lipinski definition) is 4. The van der Waals surface area contributed by atoms with Gasteiger partial charge in [0.2, 0.25) is 0 Å². The first-order valence-electron chi connectivity index (χ1n) is 10.3. The summed E-state index contributed by atoms with van der Waals surface area (Å²) in [4.78, 5) is 5.23. The molecule has 0 spiro atoms. The summed E-state index contributed by atoms with van der Waals surface area (Å²) in [5.74, 6) is -0.418. The molecule has 8 heteroatoms. The van der Waals surface area contributed by atoms with Crippen molar-refractivity contribution in [2.75, 3.05) is 11.9 Å². The highest BCUT2D eigenvalue weighted by Gasteiger charge is 2.22. The van der Waals surface area contributed by atoms with E-state index in [-0.39, 0.29) is 11.3 Å². The summed E-state index contributed by atoms with van der Waals surface area (Å²) in [6.45, 7) is 1.22. The molecular formula is C25H18Cl2F2N2OS. The van der Waals surface area contributed by atoms with Gasteiger partial charge in [-0.3, -0.25) is 0 Å². The molecule has 3 aromatic carbocycles. The number of benzene rings is 3. The molecule has 168 valence electrons. The van der Waals surface area contributed by atoms with E-state index in [1.54, 1.807) is 18.2 Å². The van der Waals surface area contributed by atoms with Gasteiger partial charge in [0.05, 0.1) is 17.9 Å². The Kier molecular flexibility index (Phi) is 6.23. The maximum absolute atomic E-state index is 14.6. The van der Waals surface area contributed by atoms with Crippen molar-refractivity contribution in [3.63, 3.8) is 0 Å². The normalized spacial score (nSPS) is 12.5. The van der Waals surface area contributed by atoms with E-state index in [1.807, 2.05) is 12.1 Å². The molecule has 2 heterocycles. The number of ether oxygens (including phenoxy) is 1. The van der Waals surface area contributed by atoms with E-state index in [1.165, 1.54) is 35.1 Å². The molecule has 0 saturated heterocycles. The van der Waals surface area contributed by atoms with Crippen molar-refractivity contribution in [2.45, 2.75) is 19.4 Å². The number of aromatic nitrogens is 1. The Bertz CT molecular complexity index is 1300. The zero-order chi connectivity index (χ0) is 22.9. The molecule has 0 unspecified atom stereocenters. The second kappa shape index (κ2) is 9.29. The monoisotopic (exact) mass is 502 g/mol. The van der Waals surface area contributed by atoms with E-state index in [0.29, 0.717) is 45.2 Å². The highest BCUT2D eigenvalue weighted by atomic mass is 35.5. The van der Waals surface area contributed by atoms with Gasteiger partial charge < -0.3 is 10.1 Å². The number of nitrogens with one attached hydrogen (secondary N) is 1. The lowest BCUT2D eigenvalue weighted by Gasteiger charge is -2.08. The van der Waals surface area contributed by atoms with Crippen LogP contribution in [0.15, 0.2) is 54.6 Å². The lowest BCUT2D eigenvalue weighted by Crippen LogP contribution is -2.00. The number of nitrogens with zero attached hydrogens (tertiary/aromatic N) is 1. The number of halogens is 4. The van der Waals surface area contributed by atoms with Gasteiger partial charge in [-0.2, -0.15) is 0 Å². The Morgan fingerprint density at radius 2 is 1.73 bits per heavy atom. The SMILES string of the molecule is Fc1cccc(F)c1-c1nc(NCc2ccc3c(c2)CCO3)sc1Cc1c(Cl)cccc1Cl. The van der Waals surface area contributed by atoms with Gasteiger partial charge in [-0.05, 0) is 47.0 Å². The van der Waals surface area contributed by atoms with Crippen molar-refractivity contribution in [3.8, 4) is 17.0 Å². The van der Waals surface area contributed by atoms with Crippen LogP contribution in [0.4, 0.5) is 13.9 Å². The highest BCUT2D eigenvalue weighted by Crippen LogP contribution is 2.38. The van der Waals surface area contributed by atoms with Crippen LogP contribution in [0, 0.1) is 11.6 Å². The summed E-state index contributed by atoms with van der Waals surface area (Å²) < 4.78 is 34.8. The predicted molar refractivity (Wildman–Crippen MR) is 130 cm³/mol. The molecule has 0 atom stereocenters. The van der Waals surface area contributed by atoms with E-state index in [0.717, 1.165) is 17.7 Å². The Balaban J connectivity index is 1.49. The van der Waals surface area contributed by atoms with Gasteiger partial charge in [-0.1, -0.05) is 47.5 Å². The molecule has 0 bridgehead atoms. The zero-order valence-electron chi connectivity index (χ0n) is 17.3. The molecule has 4 aromatic rings. The summed E-state index contributed by atoms with van der Waals surface area (Å²) in [6, 6.07) is 15.1. The minimum atomic E-state index is -0.669. The van der Waals surface area contributed by atoms with Crippen LogP contribution in [0.25, 0.3) is 11.3 Å². The topological polar surface area (TPSA) is 34.2 Å². The van der Waals surface area contributed by atoms with E-state index in [9.17, 15) is 8.78 Å². The standard InChI is InChI=1S/C25H18Cl2F2N2OS/c26-17-3-1-4-18(27)16(17)12-22-24(23-19(28)5-2-6-20(23)29)31-25(33-22)30-13-14-7-8-21-15(11-14)9-10-32-21/h1-8,11H,9-10,12-13H2,(H,30,31). The van der Waals surface area contributed by atoms with Crippen molar-refractivity contribution in [1.82, 2.24) is 4.98 Å². The Hall–Kier alpha value is -2.67. The molecule has 5 rings (SSSR count). The first-order chi connectivity index (χ1) is 16.0. The third-order valence-electron chi connectivity index (χ3n) is 5.49. The van der Waals surface area contributed by atoms with Gasteiger partial charge in [0, 0.05) is 34.3 Å². The van der Waals surface area contributed by atoms with E-state index in [4.69, 9.17) is 27.9 Å². The summed E-state index contributed by atoms with van der Waals surface area (Å²) >= 11 is 14.1. The second-order valence-electron chi connectivity index (χ2n) is 7.66. The van der Waals surface area contributed by atoms with Crippen molar-refractivity contribution >= 4 is 39.7 Å². The molecule has 33 heavy (non-hydrogen) atoms. The van der Waals surface area contributed by atoms with Crippen LogP contribution in [0.5, 0.6) is 5.75 Å². The number of fused-ring (bicyclic) bond motifs is 1. The Morgan fingerprint density at radius 3 is 2.48 bits per heavy atom. The molecular weight excluding hydrogens is 485 g/mol. The summed E-state index contributed by atoms with van der Waals surface area (Å²) in [6.07, 6.45) is 1.19. The van der Waals surface area contributed by atoms with Crippen molar-refractivity contribution in [2.24, 2.45) is 0 Å². The predicted octanol–water partition coefficient (Wildman–Crippen LogP) is 7.53. The molecule has 1 aliphatic rings. The number of thiazole rings is 1. The average molecular weight is 503 g/mol. The van der Waals surface area contributed by atoms with Crippen LogP contribution in [-0.4, -0.2) is 11.6 Å². The summed E-state index contributed by atoms with van der Waals surface area (Å²) in [5, 5.41) is 4.83. The maximum Gasteiger partial charge on any atom is 0.183 e. The van der Waals surface area contributed by atoms with Gasteiger partial charge in [0.15, 0.2) is 5.13 Å². The highest BCUT2D eigenvalue weighted by molar-refractivity contribution is 7.16. The quantitative estimate of drug-likeness (QED) is 0.295. The molecule has 1 aliphatic heterocycles. The second-order valence-corrected chi connectivity index (χ2v) is 9.56. The van der Waals surface area contributed by atoms with Crippen molar-refractivity contribution in [1.29, 1.82) is 0 Å². The largest absolute Gasteiger partial charge is 0.493 e. The van der Waals surface area contributed by atoms with Crippen LogP contribution in [0.3, 0.4) is 0 Å². The molecule has 1 aromatic heterocycles. The average Bonchev–Trinajstić information content (AvgIpc) is 3.41. The lowest BCUT2D eigenvalue weighted by molar-refractivity contribution is 0.357. The molecule has 3 nitrogen and oxygen atoms in total. The summed E-state index contributed by atoms with van der Waals surface area (Å²) in [7, 11) is 0. The first kappa shape index (κ1) is 22.1. The Labute approximate surface area is 204 Å². The lowest BCUT2D eigenvalue weighted by atomic mass is 10.1. The van der Waals surface area contributed by atoms with Gasteiger partial charge in [0.25, 0.3) is 0 Å². The summed E-state index contributed by atoms with van der Waals surface area (Å²) in [5.41, 5.74) is 3.03. The number of hydrogen-bond donors (Lipinski definition) is 1. The Morgan fingerprint density at radius 1 is 1.00 bits per heavy atom. The number of rotatable bonds is 6. The number of anilines is 1. The van der Waals surface area contributed by atoms with E-state index < -0.39 is 11.6 Å². The third-order valence-corrected chi connectivity index (χ3v) is 7.21. The third kappa shape index (κ3) is 4.56. The molecule has 0 fully saturated rings. The first-order valence-corrected chi connectivity index (χ1v) is 11.9. The van der Waals surface area contributed by atoms with Crippen LogP contribution < -0.4 is 10.1 Å². The van der Waals surface area contributed by atoms with Crippen LogP contribution in [0.2, 0.25) is 10.0 Å². The van der Waals surface area contributed by atoms with Crippen LogP contribution in [0.1, 0.15) is 21.6 Å². The fourth-order valence-corrected chi connectivity index (χ4v) is 5.36. The van der Waals surface area contributed by atoms with Gasteiger partial charge in [-0.25, -0.2) is 13.8 Å². The van der Waals surface area contributed by atoms with E-state index in [2.05, 4.69) is 16.4 Å². The molecule has 0 amide bonds. The fraction of sp³-hybridized carbons (Fsp3) is 0.160. The zero-order valence-corrected chi connectivity index (χ0v) is 19.6. The van der Waals surface area contributed by atoms with Crippen LogP contribution >= 0.6 is 34.5 Å². The molecule has 1 N–H and O–H groups in total.